The van der Waals surface area contributed by atoms with Gasteiger partial charge < -0.3 is 0 Å². The maximum Gasteiger partial charge on any atom is 0.137 e. The van der Waals surface area contributed by atoms with Gasteiger partial charge in [-0.15, -0.1) is 0 Å². The molecule has 0 aliphatic heterocycles. The Bertz CT molecular complexity index is 574. The molecule has 4 aliphatic rings. The van der Waals surface area contributed by atoms with Crippen LogP contribution in [0.5, 0.6) is 0 Å². The van der Waals surface area contributed by atoms with Crippen LogP contribution in [0.3, 0.4) is 0 Å². The van der Waals surface area contributed by atoms with Gasteiger partial charge in [0.2, 0.25) is 0 Å². The number of carbonyl (C=O) groups is 2. The molecule has 2 heteroatoms. The van der Waals surface area contributed by atoms with Crippen molar-refractivity contribution < 1.29 is 9.59 Å². The van der Waals surface area contributed by atoms with Crippen LogP contribution in [0.2, 0.25) is 0 Å². The lowest BCUT2D eigenvalue weighted by atomic mass is 9.45. The molecule has 0 amide bonds. The summed E-state index contributed by atoms with van der Waals surface area (Å²) in [6.45, 7) is 7.06. The lowest BCUT2D eigenvalue weighted by Crippen LogP contribution is -2.56. The van der Waals surface area contributed by atoms with Gasteiger partial charge in [-0.25, -0.2) is 0 Å². The fourth-order valence-corrected chi connectivity index (χ4v) is 6.97. The molecule has 0 N–H and O–H groups in total. The number of Topliss-reactive ketones (excluding diaryl/α,β-unsaturated/α-hetero) is 2. The fraction of sp³-hybridized carbons (Fsp3) is 0.810. The highest BCUT2D eigenvalue weighted by Gasteiger charge is 2.59. The van der Waals surface area contributed by atoms with Crippen LogP contribution in [0.4, 0.5) is 0 Å². The zero-order valence-electron chi connectivity index (χ0n) is 14.8. The highest BCUT2D eigenvalue weighted by atomic mass is 16.1. The minimum atomic E-state index is 0.0220. The highest BCUT2D eigenvalue weighted by molar-refractivity contribution is 5.90. The molecular weight excluding hydrogens is 284 g/mol. The van der Waals surface area contributed by atoms with E-state index in [-0.39, 0.29) is 11.3 Å². The SMILES string of the molecule is CCC1=CCC2C3CC(=O)C4CC(=O)CC[C@]4(C)C3C[C@@H](C)C12. The summed E-state index contributed by atoms with van der Waals surface area (Å²) in [7, 11) is 0. The van der Waals surface area contributed by atoms with Crippen molar-refractivity contribution in [3.8, 4) is 0 Å². The highest BCUT2D eigenvalue weighted by Crippen LogP contribution is 2.63. The van der Waals surface area contributed by atoms with Crippen molar-refractivity contribution in [3.05, 3.63) is 11.6 Å². The van der Waals surface area contributed by atoms with Gasteiger partial charge in [-0.2, -0.15) is 0 Å². The van der Waals surface area contributed by atoms with E-state index in [1.165, 1.54) is 19.3 Å². The van der Waals surface area contributed by atoms with E-state index >= 15 is 0 Å². The average molecular weight is 314 g/mol. The van der Waals surface area contributed by atoms with E-state index < -0.39 is 0 Å². The zero-order chi connectivity index (χ0) is 16.4. The maximum atomic E-state index is 12.9. The Morgan fingerprint density at radius 2 is 2.00 bits per heavy atom. The normalized spacial score (nSPS) is 49.3. The average Bonchev–Trinajstić information content (AvgIpc) is 2.96. The van der Waals surface area contributed by atoms with Crippen LogP contribution in [-0.4, -0.2) is 11.6 Å². The number of allylic oxidation sites excluding steroid dienone is 2. The van der Waals surface area contributed by atoms with Crippen LogP contribution in [0.1, 0.15) is 65.7 Å². The van der Waals surface area contributed by atoms with Crippen LogP contribution in [-0.2, 0) is 9.59 Å². The minimum absolute atomic E-state index is 0.0220. The van der Waals surface area contributed by atoms with E-state index in [0.717, 1.165) is 24.7 Å². The van der Waals surface area contributed by atoms with Gasteiger partial charge in [0.05, 0.1) is 0 Å². The second-order valence-corrected chi connectivity index (χ2v) is 9.01. The van der Waals surface area contributed by atoms with Crippen LogP contribution in [0.25, 0.3) is 0 Å². The smallest absolute Gasteiger partial charge is 0.137 e. The van der Waals surface area contributed by atoms with Gasteiger partial charge >= 0.3 is 0 Å². The van der Waals surface area contributed by atoms with Gasteiger partial charge in [-0.1, -0.05) is 32.4 Å². The molecular formula is C21H30O2. The topological polar surface area (TPSA) is 34.1 Å². The third-order valence-electron chi connectivity index (χ3n) is 8.10. The second kappa shape index (κ2) is 5.29. The predicted molar refractivity (Wildman–Crippen MR) is 90.8 cm³/mol. The predicted octanol–water partition coefficient (Wildman–Crippen LogP) is 4.58. The number of ketones is 2. The van der Waals surface area contributed by atoms with Crippen molar-refractivity contribution in [2.75, 3.05) is 0 Å². The Hall–Kier alpha value is -0.920. The molecule has 0 saturated heterocycles. The lowest BCUT2D eigenvalue weighted by Gasteiger charge is -2.58. The van der Waals surface area contributed by atoms with Gasteiger partial charge in [0, 0.05) is 25.2 Å². The van der Waals surface area contributed by atoms with E-state index in [2.05, 4.69) is 26.8 Å². The molecule has 0 aromatic carbocycles. The number of hydrogen-bond donors (Lipinski definition) is 0. The summed E-state index contributed by atoms with van der Waals surface area (Å²) in [5.41, 5.74) is 1.74. The number of carbonyl (C=O) groups excluding carboxylic acids is 2. The summed E-state index contributed by atoms with van der Waals surface area (Å²) < 4.78 is 0. The van der Waals surface area contributed by atoms with E-state index in [0.29, 0.717) is 42.2 Å². The van der Waals surface area contributed by atoms with E-state index in [4.69, 9.17) is 0 Å². The third-order valence-corrected chi connectivity index (χ3v) is 8.10. The molecule has 0 aromatic rings. The Morgan fingerprint density at radius 1 is 1.22 bits per heavy atom. The van der Waals surface area contributed by atoms with Crippen LogP contribution < -0.4 is 0 Å². The lowest BCUT2D eigenvalue weighted by molar-refractivity contribution is -0.155. The molecule has 2 nitrogen and oxygen atoms in total. The zero-order valence-corrected chi connectivity index (χ0v) is 14.8. The summed E-state index contributed by atoms with van der Waals surface area (Å²) in [5.74, 6) is 4.11. The van der Waals surface area contributed by atoms with Crippen molar-refractivity contribution in [2.45, 2.75) is 65.7 Å². The molecule has 3 fully saturated rings. The molecule has 0 radical (unpaired) electrons. The minimum Gasteiger partial charge on any atom is -0.300 e. The van der Waals surface area contributed by atoms with Crippen LogP contribution in [0, 0.1) is 40.9 Å². The Balaban J connectivity index is 1.68. The van der Waals surface area contributed by atoms with Crippen molar-refractivity contribution in [2.24, 2.45) is 40.9 Å². The van der Waals surface area contributed by atoms with Crippen molar-refractivity contribution in [3.63, 3.8) is 0 Å². The van der Waals surface area contributed by atoms with E-state index in [1.807, 2.05) is 0 Å². The van der Waals surface area contributed by atoms with Gasteiger partial charge in [0.25, 0.3) is 0 Å². The van der Waals surface area contributed by atoms with Gasteiger partial charge in [0.1, 0.15) is 11.6 Å². The number of hydrogen-bond acceptors (Lipinski definition) is 2. The summed E-state index contributed by atoms with van der Waals surface area (Å²) >= 11 is 0. The molecule has 0 bridgehead atoms. The fourth-order valence-electron chi connectivity index (χ4n) is 6.97. The third kappa shape index (κ3) is 2.13. The summed E-state index contributed by atoms with van der Waals surface area (Å²) in [4.78, 5) is 24.8. The first kappa shape index (κ1) is 15.6. The molecule has 0 heterocycles. The van der Waals surface area contributed by atoms with Crippen molar-refractivity contribution in [1.82, 2.24) is 0 Å². The largest absolute Gasteiger partial charge is 0.300 e. The molecule has 0 spiro atoms. The molecule has 4 rings (SSSR count). The molecule has 23 heavy (non-hydrogen) atoms. The molecule has 0 aromatic heterocycles. The molecule has 7 atom stereocenters. The quantitative estimate of drug-likeness (QED) is 0.664. The first-order valence-corrected chi connectivity index (χ1v) is 9.69. The molecule has 3 saturated carbocycles. The van der Waals surface area contributed by atoms with Crippen molar-refractivity contribution in [1.29, 1.82) is 0 Å². The Labute approximate surface area is 140 Å². The van der Waals surface area contributed by atoms with Crippen LogP contribution >= 0.6 is 0 Å². The van der Waals surface area contributed by atoms with Crippen molar-refractivity contribution >= 4 is 11.6 Å². The van der Waals surface area contributed by atoms with Gasteiger partial charge in [-0.05, 0) is 60.7 Å². The molecule has 126 valence electrons. The number of rotatable bonds is 1. The van der Waals surface area contributed by atoms with Gasteiger partial charge in [-0.3, -0.25) is 9.59 Å². The Morgan fingerprint density at radius 3 is 2.74 bits per heavy atom. The summed E-state index contributed by atoms with van der Waals surface area (Å²) in [6.07, 6.45) is 9.02. The standard InChI is InChI=1S/C21H30O2/c1-4-13-5-6-15-16-11-19(23)18-10-14(22)7-8-21(18,3)17(16)9-12(2)20(13)15/h5,12,15-18,20H,4,6-11H2,1-3H3/t12-,15?,16?,17?,18?,20?,21-/m1/s1. The molecule has 5 unspecified atom stereocenters. The maximum absolute atomic E-state index is 12.9. The second-order valence-electron chi connectivity index (χ2n) is 9.01. The Kier molecular flexibility index (Phi) is 3.59. The first-order chi connectivity index (χ1) is 11.0. The summed E-state index contributed by atoms with van der Waals surface area (Å²) in [6, 6.07) is 0. The number of fused-ring (bicyclic) bond motifs is 5. The van der Waals surface area contributed by atoms with E-state index in [9.17, 15) is 9.59 Å². The molecule has 4 aliphatic carbocycles. The monoisotopic (exact) mass is 314 g/mol. The van der Waals surface area contributed by atoms with Gasteiger partial charge in [0.15, 0.2) is 0 Å². The van der Waals surface area contributed by atoms with Crippen LogP contribution in [0.15, 0.2) is 11.6 Å². The van der Waals surface area contributed by atoms with E-state index in [1.54, 1.807) is 5.57 Å². The first-order valence-electron chi connectivity index (χ1n) is 9.69. The summed E-state index contributed by atoms with van der Waals surface area (Å²) in [5, 5.41) is 0.